The van der Waals surface area contributed by atoms with Gasteiger partial charge >= 0.3 is 5.97 Å². The summed E-state index contributed by atoms with van der Waals surface area (Å²) in [6, 6.07) is 7.63. The fourth-order valence-corrected chi connectivity index (χ4v) is 1.99. The van der Waals surface area contributed by atoms with Gasteiger partial charge in [-0.1, -0.05) is 24.3 Å². The normalized spacial score (nSPS) is 17.4. The molecule has 1 aromatic carbocycles. The predicted octanol–water partition coefficient (Wildman–Crippen LogP) is 1.95. The van der Waals surface area contributed by atoms with Crippen LogP contribution in [0.15, 0.2) is 24.3 Å². The number of carbonyl (C=O) groups is 1. The molecule has 0 amide bonds. The van der Waals surface area contributed by atoms with E-state index in [9.17, 15) is 9.90 Å². The maximum atomic E-state index is 11.2. The third kappa shape index (κ3) is 1.63. The van der Waals surface area contributed by atoms with Gasteiger partial charge in [0.15, 0.2) is 0 Å². The van der Waals surface area contributed by atoms with Crippen molar-refractivity contribution in [2.75, 3.05) is 7.11 Å². The van der Waals surface area contributed by atoms with Gasteiger partial charge in [0.05, 0.1) is 12.0 Å². The Bertz CT molecular complexity index is 380. The van der Waals surface area contributed by atoms with Gasteiger partial charge in [-0.25, -0.2) is 0 Å². The summed E-state index contributed by atoms with van der Waals surface area (Å²) in [4.78, 5) is 11.2. The minimum atomic E-state index is -0.717. The van der Waals surface area contributed by atoms with Crippen molar-refractivity contribution in [1.29, 1.82) is 0 Å². The number of methoxy groups -OCH3 is 1. The highest BCUT2D eigenvalue weighted by Crippen LogP contribution is 2.49. The molecular weight excluding hydrogens is 192 g/mol. The van der Waals surface area contributed by atoms with Crippen LogP contribution in [0.1, 0.15) is 24.0 Å². The lowest BCUT2D eigenvalue weighted by Crippen LogP contribution is -2.21. The summed E-state index contributed by atoms with van der Waals surface area (Å²) < 4.78 is 5.08. The van der Waals surface area contributed by atoms with E-state index in [1.165, 1.54) is 0 Å². The summed E-state index contributed by atoms with van der Waals surface area (Å²) in [5.41, 5.74) is 1.27. The van der Waals surface area contributed by atoms with Gasteiger partial charge in [-0.3, -0.25) is 4.79 Å². The first-order valence-electron chi connectivity index (χ1n) is 5.01. The minimum Gasteiger partial charge on any atom is -0.481 e. The fourth-order valence-electron chi connectivity index (χ4n) is 1.99. The number of hydrogen-bond donors (Lipinski definition) is 1. The minimum absolute atomic E-state index is 0.477. The van der Waals surface area contributed by atoms with Crippen LogP contribution in [0.5, 0.6) is 0 Å². The highest BCUT2D eigenvalue weighted by molar-refractivity contribution is 5.85. The topological polar surface area (TPSA) is 46.5 Å². The van der Waals surface area contributed by atoms with E-state index in [1.54, 1.807) is 7.11 Å². The number of aliphatic carboxylic acids is 1. The lowest BCUT2D eigenvalue weighted by atomic mass is 9.92. The molecule has 1 saturated carbocycles. The molecule has 1 aliphatic carbocycles. The molecule has 0 aliphatic heterocycles. The highest BCUT2D eigenvalue weighted by atomic mass is 16.5. The molecule has 0 aromatic heterocycles. The largest absolute Gasteiger partial charge is 0.481 e. The maximum Gasteiger partial charge on any atom is 0.314 e. The van der Waals surface area contributed by atoms with Crippen LogP contribution in [-0.2, 0) is 21.6 Å². The van der Waals surface area contributed by atoms with Crippen molar-refractivity contribution in [2.45, 2.75) is 24.9 Å². The van der Waals surface area contributed by atoms with Crippen molar-refractivity contribution < 1.29 is 14.6 Å². The molecule has 80 valence electrons. The van der Waals surface area contributed by atoms with Gasteiger partial charge in [-0.15, -0.1) is 0 Å². The summed E-state index contributed by atoms with van der Waals surface area (Å²) in [6.45, 7) is 0.477. The molecule has 0 spiro atoms. The molecule has 0 saturated heterocycles. The zero-order valence-electron chi connectivity index (χ0n) is 8.69. The van der Waals surface area contributed by atoms with Gasteiger partial charge < -0.3 is 9.84 Å². The van der Waals surface area contributed by atoms with Gasteiger partial charge in [0.2, 0.25) is 0 Å². The van der Waals surface area contributed by atoms with Crippen LogP contribution in [-0.4, -0.2) is 18.2 Å². The third-order valence-corrected chi connectivity index (χ3v) is 2.99. The Morgan fingerprint density at radius 2 is 2.13 bits per heavy atom. The van der Waals surface area contributed by atoms with E-state index in [1.807, 2.05) is 24.3 Å². The highest BCUT2D eigenvalue weighted by Gasteiger charge is 2.52. The van der Waals surface area contributed by atoms with Crippen molar-refractivity contribution in [2.24, 2.45) is 0 Å². The third-order valence-electron chi connectivity index (χ3n) is 2.99. The van der Waals surface area contributed by atoms with E-state index in [0.717, 1.165) is 24.0 Å². The van der Waals surface area contributed by atoms with Crippen LogP contribution in [0.25, 0.3) is 0 Å². The summed E-state index contributed by atoms with van der Waals surface area (Å²) in [6.07, 6.45) is 1.48. The number of ether oxygens (including phenoxy) is 1. The zero-order valence-corrected chi connectivity index (χ0v) is 8.69. The van der Waals surface area contributed by atoms with E-state index < -0.39 is 11.4 Å². The van der Waals surface area contributed by atoms with Gasteiger partial charge in [0.25, 0.3) is 0 Å². The average Bonchev–Trinajstić information content (AvgIpc) is 3.00. The van der Waals surface area contributed by atoms with Gasteiger partial charge in [-0.2, -0.15) is 0 Å². The number of rotatable bonds is 4. The smallest absolute Gasteiger partial charge is 0.314 e. The molecule has 15 heavy (non-hydrogen) atoms. The first-order valence-corrected chi connectivity index (χ1v) is 5.01. The van der Waals surface area contributed by atoms with Crippen molar-refractivity contribution in [3.8, 4) is 0 Å². The SMILES string of the molecule is COCc1ccccc1C1(C(=O)O)CC1. The van der Waals surface area contributed by atoms with Crippen molar-refractivity contribution in [3.63, 3.8) is 0 Å². The summed E-state index contributed by atoms with van der Waals surface area (Å²) in [5.74, 6) is -0.717. The molecule has 0 radical (unpaired) electrons. The van der Waals surface area contributed by atoms with Crippen molar-refractivity contribution in [3.05, 3.63) is 35.4 Å². The summed E-state index contributed by atoms with van der Waals surface area (Å²) >= 11 is 0. The maximum absolute atomic E-state index is 11.2. The first-order chi connectivity index (χ1) is 7.20. The second kappa shape index (κ2) is 3.66. The predicted molar refractivity (Wildman–Crippen MR) is 55.7 cm³/mol. The van der Waals surface area contributed by atoms with Gasteiger partial charge in [0.1, 0.15) is 0 Å². The molecule has 0 atom stereocenters. The quantitative estimate of drug-likeness (QED) is 0.819. The molecule has 0 unspecified atom stereocenters. The van der Waals surface area contributed by atoms with E-state index >= 15 is 0 Å². The molecule has 1 aliphatic rings. The lowest BCUT2D eigenvalue weighted by molar-refractivity contribution is -0.140. The van der Waals surface area contributed by atoms with Crippen LogP contribution in [0, 0.1) is 0 Å². The Morgan fingerprint density at radius 1 is 1.47 bits per heavy atom. The Balaban J connectivity index is 2.39. The number of carboxylic acids is 1. The van der Waals surface area contributed by atoms with Crippen LogP contribution < -0.4 is 0 Å². The molecule has 3 nitrogen and oxygen atoms in total. The van der Waals surface area contributed by atoms with E-state index in [2.05, 4.69) is 0 Å². The van der Waals surface area contributed by atoms with E-state index in [0.29, 0.717) is 6.61 Å². The first kappa shape index (κ1) is 10.2. The number of benzene rings is 1. The monoisotopic (exact) mass is 206 g/mol. The Kier molecular flexibility index (Phi) is 2.49. The van der Waals surface area contributed by atoms with Crippen LogP contribution in [0.3, 0.4) is 0 Å². The van der Waals surface area contributed by atoms with E-state index in [-0.39, 0.29) is 0 Å². The number of carboxylic acid groups (broad SMARTS) is 1. The number of hydrogen-bond acceptors (Lipinski definition) is 2. The second-order valence-corrected chi connectivity index (χ2v) is 3.98. The molecular formula is C12H14O3. The Morgan fingerprint density at radius 3 is 2.67 bits per heavy atom. The molecule has 2 rings (SSSR count). The molecule has 1 N–H and O–H groups in total. The summed E-state index contributed by atoms with van der Waals surface area (Å²) in [7, 11) is 1.62. The summed E-state index contributed by atoms with van der Waals surface area (Å²) in [5, 5.41) is 9.21. The van der Waals surface area contributed by atoms with Crippen molar-refractivity contribution in [1.82, 2.24) is 0 Å². The molecule has 0 bridgehead atoms. The molecule has 1 fully saturated rings. The zero-order chi connectivity index (χ0) is 10.9. The van der Waals surface area contributed by atoms with Crippen LogP contribution in [0.4, 0.5) is 0 Å². The lowest BCUT2D eigenvalue weighted by Gasteiger charge is -2.14. The second-order valence-electron chi connectivity index (χ2n) is 3.98. The van der Waals surface area contributed by atoms with Crippen molar-refractivity contribution >= 4 is 5.97 Å². The standard InChI is InChI=1S/C12H14O3/c1-15-8-9-4-2-3-5-10(9)12(6-7-12)11(13)14/h2-5H,6-8H2,1H3,(H,13,14). The van der Waals surface area contributed by atoms with E-state index in [4.69, 9.17) is 4.74 Å². The Hall–Kier alpha value is -1.35. The Labute approximate surface area is 88.7 Å². The molecule has 0 heterocycles. The fraction of sp³-hybridized carbons (Fsp3) is 0.417. The van der Waals surface area contributed by atoms with Gasteiger partial charge in [0, 0.05) is 7.11 Å². The van der Waals surface area contributed by atoms with Gasteiger partial charge in [-0.05, 0) is 24.0 Å². The average molecular weight is 206 g/mol. The van der Waals surface area contributed by atoms with Crippen LogP contribution in [0.2, 0.25) is 0 Å². The molecule has 1 aromatic rings. The van der Waals surface area contributed by atoms with Crippen LogP contribution >= 0.6 is 0 Å². The molecule has 3 heteroatoms.